The standard InChI is InChI=1S/C13H18N2O7S3/c16-11(15-10-4-7-24(18,19)9-10)8-22-12(17)3-5-14-25(20,21)13-2-1-6-23-13/h1-2,6,10,14H,3-5,7-9H2,(H,15,16). The summed E-state index contributed by atoms with van der Waals surface area (Å²) in [6.07, 6.45) is 0.113. The number of hydrogen-bond acceptors (Lipinski definition) is 8. The van der Waals surface area contributed by atoms with Crippen molar-refractivity contribution in [1.82, 2.24) is 10.0 Å². The van der Waals surface area contributed by atoms with Gasteiger partial charge in [0, 0.05) is 12.6 Å². The second-order valence-corrected chi connectivity index (χ2v) is 10.6. The Morgan fingerprint density at radius 1 is 1.36 bits per heavy atom. The molecule has 1 atom stereocenters. The van der Waals surface area contributed by atoms with Crippen molar-refractivity contribution >= 4 is 43.1 Å². The lowest BCUT2D eigenvalue weighted by Gasteiger charge is -2.11. The first-order chi connectivity index (χ1) is 11.7. The summed E-state index contributed by atoms with van der Waals surface area (Å²) in [5, 5.41) is 4.11. The molecule has 140 valence electrons. The number of nitrogens with one attached hydrogen (secondary N) is 2. The SMILES string of the molecule is O=C(COC(=O)CCNS(=O)(=O)c1cccs1)NC1CCS(=O)(=O)C1. The number of ether oxygens (including phenoxy) is 1. The van der Waals surface area contributed by atoms with Gasteiger partial charge in [-0.1, -0.05) is 6.07 Å². The van der Waals surface area contributed by atoms with Crippen LogP contribution in [0.3, 0.4) is 0 Å². The second kappa shape index (κ2) is 8.25. The molecule has 9 nitrogen and oxygen atoms in total. The number of esters is 1. The quantitative estimate of drug-likeness (QED) is 0.539. The number of sulfone groups is 1. The lowest BCUT2D eigenvalue weighted by molar-refractivity contribution is -0.148. The molecule has 0 aliphatic carbocycles. The Bertz CT molecular complexity index is 816. The number of carbonyl (C=O) groups is 2. The van der Waals surface area contributed by atoms with Crippen LogP contribution in [0.15, 0.2) is 21.7 Å². The van der Waals surface area contributed by atoms with Gasteiger partial charge in [-0.25, -0.2) is 21.6 Å². The molecule has 2 heterocycles. The summed E-state index contributed by atoms with van der Waals surface area (Å²) in [7, 11) is -6.75. The van der Waals surface area contributed by atoms with Crippen LogP contribution in [0.4, 0.5) is 0 Å². The zero-order valence-corrected chi connectivity index (χ0v) is 15.6. The number of carbonyl (C=O) groups excluding carboxylic acids is 2. The number of sulfonamides is 1. The van der Waals surface area contributed by atoms with Crippen molar-refractivity contribution in [2.75, 3.05) is 24.7 Å². The third-order valence-electron chi connectivity index (χ3n) is 3.34. The average Bonchev–Trinajstić information content (AvgIpc) is 3.15. The molecule has 1 aliphatic rings. The van der Waals surface area contributed by atoms with Gasteiger partial charge >= 0.3 is 5.97 Å². The summed E-state index contributed by atoms with van der Waals surface area (Å²) >= 11 is 1.06. The smallest absolute Gasteiger partial charge is 0.307 e. The summed E-state index contributed by atoms with van der Waals surface area (Å²) in [4.78, 5) is 23.1. The van der Waals surface area contributed by atoms with E-state index in [0.29, 0.717) is 6.42 Å². The van der Waals surface area contributed by atoms with Crippen LogP contribution in [0.1, 0.15) is 12.8 Å². The fourth-order valence-electron chi connectivity index (χ4n) is 2.17. The lowest BCUT2D eigenvalue weighted by Crippen LogP contribution is -2.38. The summed E-state index contributed by atoms with van der Waals surface area (Å²) in [5.41, 5.74) is 0. The molecule has 1 aromatic heterocycles. The normalized spacial score (nSPS) is 19.4. The fraction of sp³-hybridized carbons (Fsp3) is 0.538. The van der Waals surface area contributed by atoms with Crippen LogP contribution in [0.2, 0.25) is 0 Å². The first-order valence-corrected chi connectivity index (χ1v) is 11.5. The van der Waals surface area contributed by atoms with Gasteiger partial charge in [-0.3, -0.25) is 9.59 Å². The van der Waals surface area contributed by atoms with Crippen molar-refractivity contribution < 1.29 is 31.2 Å². The Kier molecular flexibility index (Phi) is 6.54. The molecular formula is C13H18N2O7S3. The second-order valence-electron chi connectivity index (χ2n) is 5.41. The van der Waals surface area contributed by atoms with Gasteiger partial charge in [-0.15, -0.1) is 11.3 Å². The Hall–Kier alpha value is -1.50. The number of amides is 1. The molecule has 2 N–H and O–H groups in total. The first-order valence-electron chi connectivity index (χ1n) is 7.36. The molecular weight excluding hydrogens is 392 g/mol. The van der Waals surface area contributed by atoms with Crippen molar-refractivity contribution in [3.63, 3.8) is 0 Å². The molecule has 1 aromatic rings. The minimum absolute atomic E-state index is 0.0299. The first kappa shape index (κ1) is 19.8. The van der Waals surface area contributed by atoms with Crippen LogP contribution in [-0.4, -0.2) is 59.4 Å². The maximum atomic E-state index is 11.8. The average molecular weight is 410 g/mol. The van der Waals surface area contributed by atoms with E-state index in [2.05, 4.69) is 10.0 Å². The molecule has 25 heavy (non-hydrogen) atoms. The molecule has 2 rings (SSSR count). The fourth-order valence-corrected chi connectivity index (χ4v) is 5.91. The molecule has 0 aromatic carbocycles. The van der Waals surface area contributed by atoms with Gasteiger partial charge in [0.2, 0.25) is 10.0 Å². The molecule has 0 bridgehead atoms. The van der Waals surface area contributed by atoms with E-state index in [-0.39, 0.29) is 28.7 Å². The highest BCUT2D eigenvalue weighted by molar-refractivity contribution is 7.91. The predicted molar refractivity (Wildman–Crippen MR) is 90.3 cm³/mol. The largest absolute Gasteiger partial charge is 0.456 e. The van der Waals surface area contributed by atoms with Crippen molar-refractivity contribution in [1.29, 1.82) is 0 Å². The Morgan fingerprint density at radius 2 is 2.12 bits per heavy atom. The summed E-state index contributed by atoms with van der Waals surface area (Å²) in [5.74, 6) is -1.41. The van der Waals surface area contributed by atoms with E-state index < -0.39 is 44.4 Å². The molecule has 12 heteroatoms. The lowest BCUT2D eigenvalue weighted by atomic mass is 10.2. The number of thiophene rings is 1. The van der Waals surface area contributed by atoms with Crippen molar-refractivity contribution in [2.24, 2.45) is 0 Å². The maximum Gasteiger partial charge on any atom is 0.307 e. The van der Waals surface area contributed by atoms with E-state index in [1.165, 1.54) is 6.07 Å². The molecule has 0 radical (unpaired) electrons. The molecule has 1 unspecified atom stereocenters. The highest BCUT2D eigenvalue weighted by atomic mass is 32.2. The van der Waals surface area contributed by atoms with Gasteiger partial charge < -0.3 is 10.1 Å². The van der Waals surface area contributed by atoms with Crippen LogP contribution < -0.4 is 10.0 Å². The predicted octanol–water partition coefficient (Wildman–Crippen LogP) is -0.737. The van der Waals surface area contributed by atoms with Gasteiger partial charge in [0.15, 0.2) is 16.4 Å². The van der Waals surface area contributed by atoms with E-state index in [1.54, 1.807) is 11.4 Å². The molecule has 1 amide bonds. The third kappa shape index (κ3) is 6.38. The Labute approximate surface area is 149 Å². The summed E-state index contributed by atoms with van der Waals surface area (Å²) in [6.45, 7) is -0.686. The maximum absolute atomic E-state index is 11.8. The van der Waals surface area contributed by atoms with Crippen LogP contribution >= 0.6 is 11.3 Å². The minimum Gasteiger partial charge on any atom is -0.456 e. The van der Waals surface area contributed by atoms with Crippen molar-refractivity contribution in [2.45, 2.75) is 23.1 Å². The van der Waals surface area contributed by atoms with Crippen LogP contribution in [0, 0.1) is 0 Å². The van der Waals surface area contributed by atoms with Crippen LogP contribution in [0.25, 0.3) is 0 Å². The minimum atomic E-state index is -3.65. The molecule has 1 aliphatic heterocycles. The third-order valence-corrected chi connectivity index (χ3v) is 7.97. The molecule has 0 spiro atoms. The van der Waals surface area contributed by atoms with Gasteiger partial charge in [-0.2, -0.15) is 0 Å². The Morgan fingerprint density at radius 3 is 2.72 bits per heavy atom. The van der Waals surface area contributed by atoms with E-state index in [4.69, 9.17) is 4.74 Å². The molecule has 0 saturated carbocycles. The van der Waals surface area contributed by atoms with Gasteiger partial charge in [0.05, 0.1) is 17.9 Å². The molecule has 1 fully saturated rings. The van der Waals surface area contributed by atoms with E-state index in [1.807, 2.05) is 0 Å². The van der Waals surface area contributed by atoms with Gasteiger partial charge in [0.25, 0.3) is 5.91 Å². The van der Waals surface area contributed by atoms with E-state index >= 15 is 0 Å². The summed E-state index contributed by atoms with van der Waals surface area (Å²) in [6, 6.07) is 2.58. The summed E-state index contributed by atoms with van der Waals surface area (Å²) < 4.78 is 53.3. The van der Waals surface area contributed by atoms with E-state index in [9.17, 15) is 26.4 Å². The topological polar surface area (TPSA) is 136 Å². The Balaban J connectivity index is 1.65. The highest BCUT2D eigenvalue weighted by Crippen LogP contribution is 2.15. The number of rotatable bonds is 8. The van der Waals surface area contributed by atoms with Crippen LogP contribution in [0.5, 0.6) is 0 Å². The van der Waals surface area contributed by atoms with E-state index in [0.717, 1.165) is 11.3 Å². The van der Waals surface area contributed by atoms with Crippen molar-refractivity contribution in [3.8, 4) is 0 Å². The zero-order valence-electron chi connectivity index (χ0n) is 13.1. The van der Waals surface area contributed by atoms with Gasteiger partial charge in [0.1, 0.15) is 4.21 Å². The van der Waals surface area contributed by atoms with Crippen molar-refractivity contribution in [3.05, 3.63) is 17.5 Å². The highest BCUT2D eigenvalue weighted by Gasteiger charge is 2.29. The molecule has 1 saturated heterocycles. The zero-order chi connectivity index (χ0) is 18.5. The van der Waals surface area contributed by atoms with Gasteiger partial charge in [-0.05, 0) is 17.9 Å². The van der Waals surface area contributed by atoms with Crippen LogP contribution in [-0.2, 0) is 34.2 Å². The monoisotopic (exact) mass is 410 g/mol. The number of hydrogen-bond donors (Lipinski definition) is 2.